The van der Waals surface area contributed by atoms with Crippen LogP contribution in [0.3, 0.4) is 0 Å². The number of carbonyl (C=O) groups is 1. The maximum absolute atomic E-state index is 12.5. The van der Waals surface area contributed by atoms with Crippen molar-refractivity contribution < 1.29 is 9.90 Å². The number of amides is 1. The van der Waals surface area contributed by atoms with Crippen LogP contribution in [0.4, 0.5) is 0 Å². The van der Waals surface area contributed by atoms with Crippen LogP contribution >= 0.6 is 0 Å². The maximum Gasteiger partial charge on any atom is 0.225 e. The van der Waals surface area contributed by atoms with Crippen molar-refractivity contribution in [1.82, 2.24) is 5.32 Å². The van der Waals surface area contributed by atoms with Gasteiger partial charge in [0.1, 0.15) is 0 Å². The molecule has 4 heteroatoms. The molecule has 0 saturated heterocycles. The minimum Gasteiger partial charge on any atom is -0.394 e. The molecule has 1 aromatic carbocycles. The zero-order valence-corrected chi connectivity index (χ0v) is 11.5. The van der Waals surface area contributed by atoms with Crippen molar-refractivity contribution in [3.05, 3.63) is 35.9 Å². The first-order chi connectivity index (χ1) is 9.70. The molecule has 20 heavy (non-hydrogen) atoms. The molecule has 0 spiro atoms. The third-order valence-electron chi connectivity index (χ3n) is 4.98. The lowest BCUT2D eigenvalue weighted by molar-refractivity contribution is -0.128. The normalized spacial score (nSPS) is 33.1. The standard InChI is InChI=1S/C16H22N2O2/c17-15-12-7-6-11(8-12)14(15)16(20)18-13(9-19)10-4-2-1-3-5-10/h1-5,11-15,19H,6-9,17H2,(H,18,20). The smallest absolute Gasteiger partial charge is 0.225 e. The van der Waals surface area contributed by atoms with E-state index in [0.29, 0.717) is 11.8 Å². The topological polar surface area (TPSA) is 75.4 Å². The molecule has 108 valence electrons. The lowest BCUT2D eigenvalue weighted by Crippen LogP contribution is -2.46. The van der Waals surface area contributed by atoms with Crippen LogP contribution in [0.15, 0.2) is 30.3 Å². The highest BCUT2D eigenvalue weighted by molar-refractivity contribution is 5.81. The number of aliphatic hydroxyl groups is 1. The number of hydrogen-bond acceptors (Lipinski definition) is 3. The molecular weight excluding hydrogens is 252 g/mol. The van der Waals surface area contributed by atoms with Crippen molar-refractivity contribution in [2.45, 2.75) is 31.3 Å². The zero-order valence-electron chi connectivity index (χ0n) is 11.5. The first-order valence-corrected chi connectivity index (χ1v) is 7.42. The molecule has 0 aromatic heterocycles. The van der Waals surface area contributed by atoms with Gasteiger partial charge in [0.2, 0.25) is 5.91 Å². The fourth-order valence-electron chi connectivity index (χ4n) is 3.91. The van der Waals surface area contributed by atoms with E-state index in [1.807, 2.05) is 30.3 Å². The van der Waals surface area contributed by atoms with Crippen LogP contribution in [0.1, 0.15) is 30.9 Å². The fourth-order valence-corrected chi connectivity index (χ4v) is 3.91. The van der Waals surface area contributed by atoms with Gasteiger partial charge in [-0.1, -0.05) is 30.3 Å². The third-order valence-corrected chi connectivity index (χ3v) is 4.98. The Balaban J connectivity index is 1.69. The highest BCUT2D eigenvalue weighted by Gasteiger charge is 2.49. The number of rotatable bonds is 4. The molecule has 1 amide bonds. The largest absolute Gasteiger partial charge is 0.394 e. The second-order valence-electron chi connectivity index (χ2n) is 6.09. The van der Waals surface area contributed by atoms with Crippen LogP contribution in [0.5, 0.6) is 0 Å². The maximum atomic E-state index is 12.5. The van der Waals surface area contributed by atoms with E-state index < -0.39 is 0 Å². The van der Waals surface area contributed by atoms with Crippen molar-refractivity contribution in [3.63, 3.8) is 0 Å². The van der Waals surface area contributed by atoms with Gasteiger partial charge in [-0.15, -0.1) is 0 Å². The van der Waals surface area contributed by atoms with E-state index in [4.69, 9.17) is 5.73 Å². The summed E-state index contributed by atoms with van der Waals surface area (Å²) in [5.74, 6) is 0.879. The van der Waals surface area contributed by atoms with Gasteiger partial charge in [0.25, 0.3) is 0 Å². The number of nitrogens with two attached hydrogens (primary N) is 1. The van der Waals surface area contributed by atoms with Gasteiger partial charge < -0.3 is 16.2 Å². The molecule has 2 aliphatic carbocycles. The van der Waals surface area contributed by atoms with E-state index in [9.17, 15) is 9.90 Å². The molecule has 2 bridgehead atoms. The van der Waals surface area contributed by atoms with Crippen LogP contribution < -0.4 is 11.1 Å². The Kier molecular flexibility index (Phi) is 3.76. The van der Waals surface area contributed by atoms with Gasteiger partial charge in [-0.25, -0.2) is 0 Å². The predicted molar refractivity (Wildman–Crippen MR) is 76.7 cm³/mol. The zero-order chi connectivity index (χ0) is 14.1. The molecule has 5 unspecified atom stereocenters. The Morgan fingerprint density at radius 2 is 2.00 bits per heavy atom. The van der Waals surface area contributed by atoms with E-state index in [0.717, 1.165) is 24.8 Å². The first-order valence-electron chi connectivity index (χ1n) is 7.42. The van der Waals surface area contributed by atoms with Crippen molar-refractivity contribution in [3.8, 4) is 0 Å². The summed E-state index contributed by atoms with van der Waals surface area (Å²) in [5.41, 5.74) is 7.13. The minimum absolute atomic E-state index is 0.00704. The van der Waals surface area contributed by atoms with Crippen molar-refractivity contribution >= 4 is 5.91 Å². The minimum atomic E-state index is -0.338. The van der Waals surface area contributed by atoms with Gasteiger partial charge in [-0.05, 0) is 36.7 Å². The van der Waals surface area contributed by atoms with Crippen LogP contribution in [0.25, 0.3) is 0 Å². The first kappa shape index (κ1) is 13.6. The summed E-state index contributed by atoms with van der Waals surface area (Å²) >= 11 is 0. The molecule has 5 atom stereocenters. The summed E-state index contributed by atoms with van der Waals surface area (Å²) in [6, 6.07) is 9.23. The van der Waals surface area contributed by atoms with Crippen molar-refractivity contribution in [2.75, 3.05) is 6.61 Å². The molecule has 2 aliphatic rings. The van der Waals surface area contributed by atoms with Crippen molar-refractivity contribution in [1.29, 1.82) is 0 Å². The summed E-state index contributed by atoms with van der Waals surface area (Å²) in [6.45, 7) is -0.0915. The van der Waals surface area contributed by atoms with Gasteiger partial charge in [-0.2, -0.15) is 0 Å². The van der Waals surface area contributed by atoms with Gasteiger partial charge in [0, 0.05) is 6.04 Å². The number of fused-ring (bicyclic) bond motifs is 2. The number of hydrogen-bond donors (Lipinski definition) is 3. The molecule has 0 heterocycles. The van der Waals surface area contributed by atoms with Crippen LogP contribution in [-0.2, 0) is 4.79 Å². The Hall–Kier alpha value is -1.39. The summed E-state index contributed by atoms with van der Waals surface area (Å²) in [6.07, 6.45) is 3.37. The van der Waals surface area contributed by atoms with Gasteiger partial charge >= 0.3 is 0 Å². The SMILES string of the molecule is NC1C2CCC(C2)C1C(=O)NC(CO)c1ccccc1. The van der Waals surface area contributed by atoms with Crippen LogP contribution in [-0.4, -0.2) is 23.7 Å². The van der Waals surface area contributed by atoms with E-state index in [2.05, 4.69) is 5.32 Å². The average Bonchev–Trinajstić information content (AvgIpc) is 3.06. The third kappa shape index (κ3) is 2.34. The van der Waals surface area contributed by atoms with Crippen LogP contribution in [0, 0.1) is 17.8 Å². The van der Waals surface area contributed by atoms with E-state index in [1.165, 1.54) is 0 Å². The van der Waals surface area contributed by atoms with Gasteiger partial charge in [0.05, 0.1) is 18.6 Å². The average molecular weight is 274 g/mol. The highest BCUT2D eigenvalue weighted by atomic mass is 16.3. The summed E-state index contributed by atoms with van der Waals surface area (Å²) < 4.78 is 0. The number of nitrogens with one attached hydrogen (secondary N) is 1. The molecule has 3 rings (SSSR count). The molecular formula is C16H22N2O2. The molecule has 4 N–H and O–H groups in total. The molecule has 1 aromatic rings. The highest BCUT2D eigenvalue weighted by Crippen LogP contribution is 2.47. The Bertz CT molecular complexity index is 475. The number of carbonyl (C=O) groups excluding carboxylic acids is 1. The van der Waals surface area contributed by atoms with Gasteiger partial charge in [-0.3, -0.25) is 4.79 Å². The molecule has 4 nitrogen and oxygen atoms in total. The Morgan fingerprint density at radius 3 is 2.60 bits per heavy atom. The van der Waals surface area contributed by atoms with Crippen LogP contribution in [0.2, 0.25) is 0 Å². The van der Waals surface area contributed by atoms with Gasteiger partial charge in [0.15, 0.2) is 0 Å². The predicted octanol–water partition coefficient (Wildman–Crippen LogP) is 1.21. The quantitative estimate of drug-likeness (QED) is 0.772. The monoisotopic (exact) mass is 274 g/mol. The summed E-state index contributed by atoms with van der Waals surface area (Å²) in [7, 11) is 0. The van der Waals surface area contributed by atoms with E-state index >= 15 is 0 Å². The number of aliphatic hydroxyl groups excluding tert-OH is 1. The lowest BCUT2D eigenvalue weighted by atomic mass is 9.84. The molecule has 0 aliphatic heterocycles. The summed E-state index contributed by atoms with van der Waals surface area (Å²) in [4.78, 5) is 12.5. The molecule has 2 saturated carbocycles. The van der Waals surface area contributed by atoms with E-state index in [1.54, 1.807) is 0 Å². The molecule has 2 fully saturated rings. The Labute approximate surface area is 119 Å². The van der Waals surface area contributed by atoms with E-state index in [-0.39, 0.29) is 30.5 Å². The Morgan fingerprint density at radius 1 is 1.30 bits per heavy atom. The fraction of sp³-hybridized carbons (Fsp3) is 0.562. The number of benzene rings is 1. The lowest BCUT2D eigenvalue weighted by Gasteiger charge is -2.29. The second kappa shape index (κ2) is 5.54. The molecule has 0 radical (unpaired) electrons. The van der Waals surface area contributed by atoms with Crippen molar-refractivity contribution in [2.24, 2.45) is 23.5 Å². The second-order valence-corrected chi connectivity index (χ2v) is 6.09. The summed E-state index contributed by atoms with van der Waals surface area (Å²) in [5, 5.41) is 12.5.